The summed E-state index contributed by atoms with van der Waals surface area (Å²) in [4.78, 5) is 25.5. The number of anilines is 1. The summed E-state index contributed by atoms with van der Waals surface area (Å²) in [6, 6.07) is 10.7. The van der Waals surface area contributed by atoms with E-state index in [0.717, 1.165) is 61.9 Å². The molecule has 0 amide bonds. The summed E-state index contributed by atoms with van der Waals surface area (Å²) in [6.07, 6.45) is 0.880. The number of carbonyl (C=O) groups is 1. The molecule has 38 heavy (non-hydrogen) atoms. The third-order valence-corrected chi connectivity index (χ3v) is 7.67. The van der Waals surface area contributed by atoms with E-state index in [1.807, 2.05) is 12.1 Å². The van der Waals surface area contributed by atoms with Gasteiger partial charge in [-0.3, -0.25) is 4.90 Å². The van der Waals surface area contributed by atoms with Crippen LogP contribution in [0.4, 0.5) is 14.6 Å². The van der Waals surface area contributed by atoms with Crippen molar-refractivity contribution in [3.63, 3.8) is 0 Å². The van der Waals surface area contributed by atoms with Gasteiger partial charge in [-0.2, -0.15) is 4.98 Å². The number of benzene rings is 1. The number of alkyl halides is 2. The quantitative estimate of drug-likeness (QED) is 0.451. The van der Waals surface area contributed by atoms with Crippen LogP contribution in [-0.4, -0.2) is 81.9 Å². The Labute approximate surface area is 219 Å². The average Bonchev–Trinajstić information content (AvgIpc) is 3.20. The topological polar surface area (TPSA) is 93.0 Å². The van der Waals surface area contributed by atoms with Gasteiger partial charge in [0.2, 0.25) is 11.8 Å². The van der Waals surface area contributed by atoms with Crippen molar-refractivity contribution in [2.45, 2.75) is 44.4 Å². The third-order valence-electron chi connectivity index (χ3n) is 7.67. The number of fused-ring (bicyclic) bond motifs is 1. The maximum Gasteiger partial charge on any atom is 0.335 e. The Morgan fingerprint density at radius 3 is 2.61 bits per heavy atom. The van der Waals surface area contributed by atoms with Crippen molar-refractivity contribution in [2.24, 2.45) is 5.92 Å². The molecule has 3 fully saturated rings. The van der Waals surface area contributed by atoms with Gasteiger partial charge in [0.05, 0.1) is 42.4 Å². The second-order valence-corrected chi connectivity index (χ2v) is 10.5. The summed E-state index contributed by atoms with van der Waals surface area (Å²) in [5, 5.41) is 9.46. The van der Waals surface area contributed by atoms with Gasteiger partial charge in [-0.05, 0) is 30.7 Å². The highest BCUT2D eigenvalue weighted by Crippen LogP contribution is 2.42. The minimum Gasteiger partial charge on any atom is -0.478 e. The number of carboxylic acid groups (broad SMARTS) is 1. The fourth-order valence-corrected chi connectivity index (χ4v) is 5.36. The van der Waals surface area contributed by atoms with Gasteiger partial charge in [0.15, 0.2) is 0 Å². The predicted molar refractivity (Wildman–Crippen MR) is 136 cm³/mol. The van der Waals surface area contributed by atoms with E-state index in [4.69, 9.17) is 14.5 Å². The van der Waals surface area contributed by atoms with Crippen LogP contribution in [0.2, 0.25) is 0 Å². The number of imidazole rings is 1. The maximum absolute atomic E-state index is 13.1. The van der Waals surface area contributed by atoms with Gasteiger partial charge in [0.25, 0.3) is 0 Å². The number of aromatic carboxylic acids is 1. The van der Waals surface area contributed by atoms with Gasteiger partial charge >= 0.3 is 5.97 Å². The molecule has 1 N–H and O–H groups in total. The summed E-state index contributed by atoms with van der Waals surface area (Å²) < 4.78 is 39.6. The van der Waals surface area contributed by atoms with Crippen molar-refractivity contribution in [3.8, 4) is 5.88 Å². The lowest BCUT2D eigenvalue weighted by Crippen LogP contribution is -2.46. The summed E-state index contributed by atoms with van der Waals surface area (Å²) >= 11 is 0. The zero-order chi connectivity index (χ0) is 26.3. The van der Waals surface area contributed by atoms with Gasteiger partial charge in [-0.25, -0.2) is 18.6 Å². The Hall–Kier alpha value is -3.31. The predicted octanol–water partition coefficient (Wildman–Crippen LogP) is 3.66. The first-order chi connectivity index (χ1) is 18.3. The minimum atomic E-state index is -2.54. The number of ether oxygens (including phenoxy) is 2. The molecule has 2 saturated heterocycles. The number of aromatic nitrogens is 3. The van der Waals surface area contributed by atoms with Crippen molar-refractivity contribution in [1.29, 1.82) is 0 Å². The van der Waals surface area contributed by atoms with Gasteiger partial charge in [-0.1, -0.05) is 6.07 Å². The van der Waals surface area contributed by atoms with E-state index in [-0.39, 0.29) is 37.0 Å². The van der Waals surface area contributed by atoms with E-state index >= 15 is 0 Å². The fourth-order valence-electron chi connectivity index (χ4n) is 5.36. The molecule has 0 bridgehead atoms. The highest BCUT2D eigenvalue weighted by molar-refractivity contribution is 5.92. The number of halogens is 2. The molecule has 3 aliphatic rings. The van der Waals surface area contributed by atoms with E-state index in [1.54, 1.807) is 24.3 Å². The summed E-state index contributed by atoms with van der Waals surface area (Å²) in [5.74, 6) is -1.43. The number of nitrogens with zero attached hydrogens (tertiary/aromatic N) is 5. The number of hydrogen-bond donors (Lipinski definition) is 1. The van der Waals surface area contributed by atoms with E-state index < -0.39 is 11.9 Å². The monoisotopic (exact) mass is 527 g/mol. The minimum absolute atomic E-state index is 0.114. The lowest BCUT2D eigenvalue weighted by atomic mass is 9.82. The summed E-state index contributed by atoms with van der Waals surface area (Å²) in [7, 11) is 0. The molecule has 3 aromatic rings. The van der Waals surface area contributed by atoms with Crippen LogP contribution >= 0.6 is 0 Å². The summed E-state index contributed by atoms with van der Waals surface area (Å²) in [5.41, 5.74) is 1.85. The molecule has 202 valence electrons. The first kappa shape index (κ1) is 25.0. The Balaban J connectivity index is 1.09. The number of rotatable bonds is 9. The van der Waals surface area contributed by atoms with Crippen LogP contribution in [0, 0.1) is 5.92 Å². The zero-order valence-corrected chi connectivity index (χ0v) is 21.1. The van der Waals surface area contributed by atoms with Crippen LogP contribution in [0.1, 0.15) is 35.4 Å². The zero-order valence-electron chi connectivity index (χ0n) is 21.1. The van der Waals surface area contributed by atoms with Crippen LogP contribution < -0.4 is 9.64 Å². The summed E-state index contributed by atoms with van der Waals surface area (Å²) in [6.45, 7) is 5.51. The lowest BCUT2D eigenvalue weighted by molar-refractivity contribution is -0.119. The lowest BCUT2D eigenvalue weighted by Gasteiger charge is -2.36. The van der Waals surface area contributed by atoms with Gasteiger partial charge < -0.3 is 24.0 Å². The second kappa shape index (κ2) is 10.1. The molecule has 11 heteroatoms. The van der Waals surface area contributed by atoms with Crippen molar-refractivity contribution in [2.75, 3.05) is 44.3 Å². The largest absolute Gasteiger partial charge is 0.478 e. The van der Waals surface area contributed by atoms with Gasteiger partial charge in [0.1, 0.15) is 11.6 Å². The van der Waals surface area contributed by atoms with Crippen LogP contribution in [-0.2, 0) is 17.8 Å². The Kier molecular flexibility index (Phi) is 6.65. The van der Waals surface area contributed by atoms with Crippen molar-refractivity contribution < 1.29 is 28.2 Å². The Morgan fingerprint density at radius 1 is 1.13 bits per heavy atom. The van der Waals surface area contributed by atoms with Crippen LogP contribution in [0.3, 0.4) is 0 Å². The van der Waals surface area contributed by atoms with Gasteiger partial charge in [-0.15, -0.1) is 0 Å². The van der Waals surface area contributed by atoms with Crippen LogP contribution in [0.5, 0.6) is 5.88 Å². The highest BCUT2D eigenvalue weighted by atomic mass is 19.3. The third kappa shape index (κ3) is 5.30. The molecule has 2 aromatic heterocycles. The average molecular weight is 528 g/mol. The SMILES string of the molecule is O=C(O)c1ccc2nc(CN3CCN(c4cccc(OCC5CC(F)(F)C5)n4)CC3)n(C[C@@H]3CCO3)c2c1. The van der Waals surface area contributed by atoms with Crippen LogP contribution in [0.25, 0.3) is 11.0 Å². The standard InChI is InChI=1S/C27H31F2N5O4/c28-27(29)13-18(14-27)17-38-25-3-1-2-23(31-25)33-9-7-32(8-10-33)16-24-30-21-5-4-19(26(35)36)12-22(21)34(24)15-20-6-11-37-20/h1-5,12,18,20H,6-11,13-17H2,(H,35,36)/t20-/m0/s1. The number of pyridine rings is 1. The van der Waals surface area contributed by atoms with E-state index in [2.05, 4.69) is 19.4 Å². The van der Waals surface area contributed by atoms with Crippen LogP contribution in [0.15, 0.2) is 36.4 Å². The molecule has 0 unspecified atom stereocenters. The molecule has 2 aliphatic heterocycles. The number of carboxylic acids is 1. The molecule has 1 atom stereocenters. The molecule has 6 rings (SSSR count). The fraction of sp³-hybridized carbons (Fsp3) is 0.519. The molecule has 1 aliphatic carbocycles. The molecule has 0 spiro atoms. The molecular weight excluding hydrogens is 496 g/mol. The van der Waals surface area contributed by atoms with Crippen molar-refractivity contribution in [3.05, 3.63) is 47.8 Å². The van der Waals surface area contributed by atoms with Crippen molar-refractivity contribution >= 4 is 22.8 Å². The molecule has 0 radical (unpaired) electrons. The highest BCUT2D eigenvalue weighted by Gasteiger charge is 2.45. The first-order valence-corrected chi connectivity index (χ1v) is 13.1. The smallest absolute Gasteiger partial charge is 0.335 e. The van der Waals surface area contributed by atoms with E-state index in [0.29, 0.717) is 19.0 Å². The normalized spacial score (nSPS) is 21.7. The molecule has 4 heterocycles. The Bertz CT molecular complexity index is 1310. The van der Waals surface area contributed by atoms with E-state index in [9.17, 15) is 18.7 Å². The molecular formula is C27H31F2N5O4. The van der Waals surface area contributed by atoms with E-state index in [1.165, 1.54) is 0 Å². The van der Waals surface area contributed by atoms with Gasteiger partial charge in [0, 0.05) is 57.6 Å². The maximum atomic E-state index is 13.1. The second-order valence-electron chi connectivity index (χ2n) is 10.5. The molecule has 9 nitrogen and oxygen atoms in total. The Morgan fingerprint density at radius 2 is 1.92 bits per heavy atom. The number of hydrogen-bond acceptors (Lipinski definition) is 7. The number of piperazine rings is 1. The molecule has 1 saturated carbocycles. The molecule has 1 aromatic carbocycles. The first-order valence-electron chi connectivity index (χ1n) is 13.1. The van der Waals surface area contributed by atoms with Crippen molar-refractivity contribution in [1.82, 2.24) is 19.4 Å².